The Balaban J connectivity index is 2.25. The summed E-state index contributed by atoms with van der Waals surface area (Å²) in [6.07, 6.45) is 0.590. The van der Waals surface area contributed by atoms with E-state index >= 15 is 0 Å². The van der Waals surface area contributed by atoms with E-state index in [1.807, 2.05) is 54.5 Å². The molecule has 1 aliphatic heterocycles. The number of anilines is 1. The highest BCUT2D eigenvalue weighted by molar-refractivity contribution is 7.84. The van der Waals surface area contributed by atoms with Crippen molar-refractivity contribution in [1.29, 1.82) is 0 Å². The summed E-state index contributed by atoms with van der Waals surface area (Å²) >= 11 is 0. The summed E-state index contributed by atoms with van der Waals surface area (Å²) in [7, 11) is -1.19. The standard InChI is InChI=1S/C24H42N4O3S/c1-17(2)16-20(26-32(30)24(7,8)9)19-11-10-18(3)25-21(19)27-12-14-28(15-13-27)22(29)31-23(4,5)6/h10-11,17,20,26H,12-16H2,1-9H3/t20-,32+/m1/s1. The van der Waals surface area contributed by atoms with Crippen molar-refractivity contribution < 1.29 is 13.7 Å². The number of nitrogens with zero attached hydrogens (tertiary/aromatic N) is 3. The van der Waals surface area contributed by atoms with Crippen LogP contribution in [0.2, 0.25) is 0 Å². The lowest BCUT2D eigenvalue weighted by Crippen LogP contribution is -2.50. The third-order valence-corrected chi connectivity index (χ3v) is 6.77. The minimum atomic E-state index is -1.19. The van der Waals surface area contributed by atoms with E-state index < -0.39 is 16.6 Å². The van der Waals surface area contributed by atoms with Crippen LogP contribution in [0.15, 0.2) is 12.1 Å². The maximum atomic E-state index is 12.9. The zero-order chi connectivity index (χ0) is 24.3. The first-order valence-electron chi connectivity index (χ1n) is 11.6. The third kappa shape index (κ3) is 7.73. The van der Waals surface area contributed by atoms with E-state index in [9.17, 15) is 9.00 Å². The number of pyridine rings is 1. The molecule has 2 rings (SSSR count). The van der Waals surface area contributed by atoms with Gasteiger partial charge >= 0.3 is 6.09 Å². The maximum absolute atomic E-state index is 12.9. The number of carbonyl (C=O) groups is 1. The number of hydrogen-bond acceptors (Lipinski definition) is 5. The molecule has 1 aromatic heterocycles. The van der Waals surface area contributed by atoms with Crippen LogP contribution in [0.1, 0.15) is 79.1 Å². The Morgan fingerprint density at radius 1 is 1.12 bits per heavy atom. The first-order chi connectivity index (χ1) is 14.7. The van der Waals surface area contributed by atoms with Crippen LogP contribution >= 0.6 is 0 Å². The lowest BCUT2D eigenvalue weighted by atomic mass is 9.97. The van der Waals surface area contributed by atoms with Gasteiger partial charge in [0.25, 0.3) is 0 Å². The molecule has 0 bridgehead atoms. The van der Waals surface area contributed by atoms with Gasteiger partial charge in [-0.1, -0.05) is 19.9 Å². The molecule has 2 heterocycles. The van der Waals surface area contributed by atoms with E-state index in [0.29, 0.717) is 32.1 Å². The Morgan fingerprint density at radius 2 is 1.72 bits per heavy atom. The molecule has 0 spiro atoms. The molecule has 1 amide bonds. The largest absolute Gasteiger partial charge is 0.444 e. The molecule has 1 aromatic rings. The van der Waals surface area contributed by atoms with Gasteiger partial charge in [0.2, 0.25) is 0 Å². The van der Waals surface area contributed by atoms with Crippen molar-refractivity contribution in [3.63, 3.8) is 0 Å². The Morgan fingerprint density at radius 3 is 2.22 bits per heavy atom. The van der Waals surface area contributed by atoms with Crippen molar-refractivity contribution >= 4 is 22.9 Å². The molecule has 32 heavy (non-hydrogen) atoms. The smallest absolute Gasteiger partial charge is 0.410 e. The van der Waals surface area contributed by atoms with Crippen LogP contribution in [0.5, 0.6) is 0 Å². The monoisotopic (exact) mass is 466 g/mol. The predicted molar refractivity (Wildman–Crippen MR) is 132 cm³/mol. The van der Waals surface area contributed by atoms with E-state index in [0.717, 1.165) is 23.5 Å². The Kier molecular flexibility index (Phi) is 8.73. The topological polar surface area (TPSA) is 74.8 Å². The molecule has 182 valence electrons. The lowest BCUT2D eigenvalue weighted by Gasteiger charge is -2.38. The van der Waals surface area contributed by atoms with Gasteiger partial charge in [0, 0.05) is 43.5 Å². The molecular formula is C24H42N4O3S. The molecule has 2 atom stereocenters. The van der Waals surface area contributed by atoms with Crippen molar-refractivity contribution in [3.8, 4) is 0 Å². The molecule has 0 aliphatic carbocycles. The first kappa shape index (κ1) is 26.6. The number of carbonyl (C=O) groups excluding carboxylic acids is 1. The second-order valence-corrected chi connectivity index (χ2v) is 13.0. The summed E-state index contributed by atoms with van der Waals surface area (Å²) in [6, 6.07) is 4.06. The Hall–Kier alpha value is -1.67. The van der Waals surface area contributed by atoms with E-state index in [-0.39, 0.29) is 16.9 Å². The van der Waals surface area contributed by atoms with Crippen molar-refractivity contribution in [2.75, 3.05) is 31.1 Å². The van der Waals surface area contributed by atoms with E-state index in [1.54, 1.807) is 4.90 Å². The number of ether oxygens (including phenoxy) is 1. The van der Waals surface area contributed by atoms with Gasteiger partial charge in [-0.25, -0.2) is 18.7 Å². The van der Waals surface area contributed by atoms with Crippen LogP contribution in [0.25, 0.3) is 0 Å². The highest BCUT2D eigenvalue weighted by Gasteiger charge is 2.30. The van der Waals surface area contributed by atoms with Crippen molar-refractivity contribution in [1.82, 2.24) is 14.6 Å². The minimum Gasteiger partial charge on any atom is -0.444 e. The number of piperazine rings is 1. The van der Waals surface area contributed by atoms with Crippen LogP contribution in [0.3, 0.4) is 0 Å². The van der Waals surface area contributed by atoms with Crippen LogP contribution < -0.4 is 9.62 Å². The van der Waals surface area contributed by atoms with Gasteiger partial charge in [0.1, 0.15) is 11.4 Å². The molecule has 0 aromatic carbocycles. The second-order valence-electron chi connectivity index (χ2n) is 11.0. The SMILES string of the molecule is Cc1ccc([C@@H](CC(C)C)N[S@@](=O)C(C)(C)C)c(N2CCN(C(=O)OC(C)(C)C)CC2)n1. The highest BCUT2D eigenvalue weighted by atomic mass is 32.2. The van der Waals surface area contributed by atoms with Gasteiger partial charge in [-0.15, -0.1) is 0 Å². The zero-order valence-electron chi connectivity index (χ0n) is 21.3. The average molecular weight is 467 g/mol. The molecule has 1 aliphatic rings. The lowest BCUT2D eigenvalue weighted by molar-refractivity contribution is 0.0240. The molecule has 1 fully saturated rings. The fourth-order valence-corrected chi connectivity index (χ4v) is 4.36. The molecule has 1 saturated heterocycles. The second kappa shape index (κ2) is 10.5. The average Bonchev–Trinajstić information content (AvgIpc) is 2.65. The minimum absolute atomic E-state index is 0.0676. The number of hydrogen-bond donors (Lipinski definition) is 1. The van der Waals surface area contributed by atoms with Gasteiger partial charge in [-0.2, -0.15) is 0 Å². The molecule has 0 radical (unpaired) electrons. The summed E-state index contributed by atoms with van der Waals surface area (Å²) in [5, 5.41) is 0. The Labute approximate surface area is 196 Å². The number of aryl methyl sites for hydroxylation is 1. The molecule has 0 saturated carbocycles. The third-order valence-electron chi connectivity index (χ3n) is 5.16. The van der Waals surface area contributed by atoms with Gasteiger partial charge in [-0.05, 0) is 66.9 Å². The summed E-state index contributed by atoms with van der Waals surface area (Å²) in [5.41, 5.74) is 1.50. The summed E-state index contributed by atoms with van der Waals surface area (Å²) in [5.74, 6) is 1.35. The van der Waals surface area contributed by atoms with Gasteiger partial charge in [0.05, 0.1) is 15.7 Å². The summed E-state index contributed by atoms with van der Waals surface area (Å²) in [4.78, 5) is 21.3. The van der Waals surface area contributed by atoms with E-state index in [1.165, 1.54) is 0 Å². The zero-order valence-corrected chi connectivity index (χ0v) is 22.1. The van der Waals surface area contributed by atoms with E-state index in [4.69, 9.17) is 9.72 Å². The fraction of sp³-hybridized carbons (Fsp3) is 0.750. The van der Waals surface area contributed by atoms with Crippen LogP contribution in [-0.2, 0) is 15.7 Å². The molecular weight excluding hydrogens is 424 g/mol. The van der Waals surface area contributed by atoms with E-state index in [2.05, 4.69) is 29.5 Å². The number of nitrogens with one attached hydrogen (secondary N) is 1. The quantitative estimate of drug-likeness (QED) is 0.664. The van der Waals surface area contributed by atoms with Crippen molar-refractivity contribution in [2.45, 2.75) is 85.1 Å². The molecule has 0 unspecified atom stereocenters. The first-order valence-corrected chi connectivity index (χ1v) is 12.7. The van der Waals surface area contributed by atoms with Crippen molar-refractivity contribution in [2.24, 2.45) is 5.92 Å². The van der Waals surface area contributed by atoms with Gasteiger partial charge in [0.15, 0.2) is 0 Å². The number of aromatic nitrogens is 1. The Bertz CT molecular complexity index is 806. The number of amides is 1. The highest BCUT2D eigenvalue weighted by Crippen LogP contribution is 2.31. The summed E-state index contributed by atoms with van der Waals surface area (Å²) in [6.45, 7) is 20.5. The molecule has 1 N–H and O–H groups in total. The van der Waals surface area contributed by atoms with Crippen LogP contribution in [0, 0.1) is 12.8 Å². The molecule has 7 nitrogen and oxygen atoms in total. The summed E-state index contributed by atoms with van der Waals surface area (Å²) < 4.78 is 21.5. The maximum Gasteiger partial charge on any atom is 0.410 e. The fourth-order valence-electron chi connectivity index (χ4n) is 3.52. The normalized spacial score (nSPS) is 17.4. The number of rotatable bonds is 6. The predicted octanol–water partition coefficient (Wildman–Crippen LogP) is 4.59. The molecule has 8 heteroatoms. The van der Waals surface area contributed by atoms with Gasteiger partial charge in [-0.3, -0.25) is 0 Å². The van der Waals surface area contributed by atoms with Crippen LogP contribution in [0.4, 0.5) is 10.6 Å². The van der Waals surface area contributed by atoms with Crippen LogP contribution in [-0.4, -0.2) is 56.7 Å². The van der Waals surface area contributed by atoms with Crippen molar-refractivity contribution in [3.05, 3.63) is 23.4 Å². The van der Waals surface area contributed by atoms with Gasteiger partial charge < -0.3 is 14.5 Å².